The van der Waals surface area contributed by atoms with Gasteiger partial charge in [-0.05, 0) is 43.7 Å². The third-order valence-corrected chi connectivity index (χ3v) is 3.43. The molecule has 98 valence electrons. The van der Waals surface area contributed by atoms with Crippen molar-refractivity contribution < 1.29 is 4.74 Å². The number of hydrogen-bond acceptors (Lipinski definition) is 3. The van der Waals surface area contributed by atoms with Crippen LogP contribution in [0.2, 0.25) is 0 Å². The van der Waals surface area contributed by atoms with E-state index < -0.39 is 0 Å². The first-order valence-electron chi connectivity index (χ1n) is 6.59. The zero-order valence-corrected chi connectivity index (χ0v) is 11.4. The summed E-state index contributed by atoms with van der Waals surface area (Å²) in [7, 11) is 1.66. The summed E-state index contributed by atoms with van der Waals surface area (Å²) in [6, 6.07) is 3.94. The lowest BCUT2D eigenvalue weighted by atomic mass is 9.84. The van der Waals surface area contributed by atoms with Crippen LogP contribution in [0, 0.1) is 11.8 Å². The topological polar surface area (TPSA) is 34.1 Å². The standard InChI is InChI=1S/C15H22N2O/c1-11-7-12(2)9-13(8-11)10-17-14-5-4-6-16-15(14)18-3/h4-7,11,13,17H,8-10H2,1-3H3. The van der Waals surface area contributed by atoms with Gasteiger partial charge in [-0.25, -0.2) is 4.98 Å². The molecule has 0 aromatic carbocycles. The lowest BCUT2D eigenvalue weighted by Crippen LogP contribution is -2.20. The van der Waals surface area contributed by atoms with E-state index in [0.29, 0.717) is 17.7 Å². The summed E-state index contributed by atoms with van der Waals surface area (Å²) in [5.74, 6) is 2.07. The largest absolute Gasteiger partial charge is 0.480 e. The van der Waals surface area contributed by atoms with Crippen LogP contribution in [0.15, 0.2) is 30.0 Å². The van der Waals surface area contributed by atoms with Crippen molar-refractivity contribution in [3.8, 4) is 5.88 Å². The molecule has 0 saturated heterocycles. The highest BCUT2D eigenvalue weighted by Crippen LogP contribution is 2.29. The van der Waals surface area contributed by atoms with E-state index in [1.54, 1.807) is 13.3 Å². The molecule has 0 amide bonds. The number of nitrogens with zero attached hydrogens (tertiary/aromatic N) is 1. The molecule has 18 heavy (non-hydrogen) atoms. The number of allylic oxidation sites excluding steroid dienone is 2. The van der Waals surface area contributed by atoms with E-state index in [4.69, 9.17) is 4.74 Å². The van der Waals surface area contributed by atoms with Crippen LogP contribution in [0.1, 0.15) is 26.7 Å². The van der Waals surface area contributed by atoms with Gasteiger partial charge in [0.15, 0.2) is 0 Å². The summed E-state index contributed by atoms with van der Waals surface area (Å²) in [5.41, 5.74) is 2.50. The van der Waals surface area contributed by atoms with Crippen molar-refractivity contribution in [3.63, 3.8) is 0 Å². The molecule has 3 nitrogen and oxygen atoms in total. The van der Waals surface area contributed by atoms with Crippen LogP contribution < -0.4 is 10.1 Å². The van der Waals surface area contributed by atoms with Gasteiger partial charge in [-0.2, -0.15) is 0 Å². The molecule has 0 aliphatic heterocycles. The highest BCUT2D eigenvalue weighted by Gasteiger charge is 2.18. The van der Waals surface area contributed by atoms with Crippen LogP contribution in [0.25, 0.3) is 0 Å². The molecule has 0 saturated carbocycles. The van der Waals surface area contributed by atoms with Crippen molar-refractivity contribution in [1.29, 1.82) is 0 Å². The van der Waals surface area contributed by atoms with E-state index in [1.165, 1.54) is 18.4 Å². The Kier molecular flexibility index (Phi) is 4.24. The zero-order chi connectivity index (χ0) is 13.0. The van der Waals surface area contributed by atoms with Gasteiger partial charge in [0.2, 0.25) is 5.88 Å². The molecule has 2 unspecified atom stereocenters. The van der Waals surface area contributed by atoms with Crippen LogP contribution in [-0.4, -0.2) is 18.6 Å². The van der Waals surface area contributed by atoms with Crippen molar-refractivity contribution in [2.24, 2.45) is 11.8 Å². The van der Waals surface area contributed by atoms with E-state index in [9.17, 15) is 0 Å². The summed E-state index contributed by atoms with van der Waals surface area (Å²) in [5, 5.41) is 3.46. The maximum Gasteiger partial charge on any atom is 0.237 e. The number of nitrogens with one attached hydrogen (secondary N) is 1. The molecule has 0 radical (unpaired) electrons. The third kappa shape index (κ3) is 3.25. The molecule has 1 aromatic heterocycles. The summed E-state index contributed by atoms with van der Waals surface area (Å²) in [4.78, 5) is 4.19. The molecule has 1 aliphatic rings. The fraction of sp³-hybridized carbons (Fsp3) is 0.533. The van der Waals surface area contributed by atoms with Crippen LogP contribution in [-0.2, 0) is 0 Å². The average molecular weight is 246 g/mol. The minimum absolute atomic E-state index is 0.675. The minimum atomic E-state index is 0.675. The number of pyridine rings is 1. The quantitative estimate of drug-likeness (QED) is 0.826. The maximum atomic E-state index is 5.24. The Morgan fingerprint density at radius 1 is 1.50 bits per heavy atom. The van der Waals surface area contributed by atoms with Gasteiger partial charge < -0.3 is 10.1 Å². The van der Waals surface area contributed by atoms with Crippen molar-refractivity contribution in [2.75, 3.05) is 19.0 Å². The summed E-state index contributed by atoms with van der Waals surface area (Å²) in [6.45, 7) is 5.51. The Bertz CT molecular complexity index is 428. The first-order valence-corrected chi connectivity index (χ1v) is 6.59. The van der Waals surface area contributed by atoms with E-state index in [0.717, 1.165) is 12.2 Å². The Morgan fingerprint density at radius 2 is 2.33 bits per heavy atom. The molecule has 2 atom stereocenters. The van der Waals surface area contributed by atoms with Crippen LogP contribution in [0.5, 0.6) is 5.88 Å². The van der Waals surface area contributed by atoms with Gasteiger partial charge in [0.25, 0.3) is 0 Å². The van der Waals surface area contributed by atoms with Crippen LogP contribution in [0.4, 0.5) is 5.69 Å². The molecule has 1 heterocycles. The number of ether oxygens (including phenoxy) is 1. The van der Waals surface area contributed by atoms with Gasteiger partial charge in [0.05, 0.1) is 12.8 Å². The highest BCUT2D eigenvalue weighted by atomic mass is 16.5. The van der Waals surface area contributed by atoms with Gasteiger partial charge in [0.1, 0.15) is 0 Å². The van der Waals surface area contributed by atoms with Crippen LogP contribution >= 0.6 is 0 Å². The molecule has 1 aromatic rings. The molecular weight excluding hydrogens is 224 g/mol. The Balaban J connectivity index is 1.94. The normalized spacial score (nSPS) is 23.4. The van der Waals surface area contributed by atoms with Crippen LogP contribution in [0.3, 0.4) is 0 Å². The van der Waals surface area contributed by atoms with E-state index in [2.05, 4.69) is 30.2 Å². The molecule has 0 spiro atoms. The first-order chi connectivity index (χ1) is 8.69. The Morgan fingerprint density at radius 3 is 3.06 bits per heavy atom. The van der Waals surface area contributed by atoms with Gasteiger partial charge in [0, 0.05) is 12.7 Å². The average Bonchev–Trinajstić information content (AvgIpc) is 2.35. The predicted molar refractivity (Wildman–Crippen MR) is 74.9 cm³/mol. The SMILES string of the molecule is COc1ncccc1NCC1CC(C)=CC(C)C1. The highest BCUT2D eigenvalue weighted by molar-refractivity contribution is 5.51. The number of hydrogen-bond donors (Lipinski definition) is 1. The lowest BCUT2D eigenvalue weighted by Gasteiger charge is -2.26. The first kappa shape index (κ1) is 12.9. The monoisotopic (exact) mass is 246 g/mol. The molecule has 0 fully saturated rings. The molecular formula is C15H22N2O. The Labute approximate surface area is 109 Å². The number of anilines is 1. The van der Waals surface area contributed by atoms with Crippen molar-refractivity contribution in [3.05, 3.63) is 30.0 Å². The summed E-state index contributed by atoms with van der Waals surface area (Å²) in [6.07, 6.45) is 6.59. The fourth-order valence-corrected chi connectivity index (χ4v) is 2.78. The van der Waals surface area contributed by atoms with Gasteiger partial charge in [-0.15, -0.1) is 0 Å². The number of aromatic nitrogens is 1. The van der Waals surface area contributed by atoms with E-state index in [-0.39, 0.29) is 0 Å². The van der Waals surface area contributed by atoms with Crippen molar-refractivity contribution in [2.45, 2.75) is 26.7 Å². The molecule has 0 bridgehead atoms. The number of methoxy groups -OCH3 is 1. The van der Waals surface area contributed by atoms with Gasteiger partial charge in [-0.3, -0.25) is 0 Å². The Hall–Kier alpha value is -1.51. The zero-order valence-electron chi connectivity index (χ0n) is 11.4. The lowest BCUT2D eigenvalue weighted by molar-refractivity contribution is 0.396. The molecule has 1 N–H and O–H groups in total. The second-order valence-corrected chi connectivity index (χ2v) is 5.24. The second kappa shape index (κ2) is 5.89. The molecule has 2 rings (SSSR count). The summed E-state index contributed by atoms with van der Waals surface area (Å²) < 4.78 is 5.24. The maximum absolute atomic E-state index is 5.24. The third-order valence-electron chi connectivity index (χ3n) is 3.43. The second-order valence-electron chi connectivity index (χ2n) is 5.24. The van der Waals surface area contributed by atoms with Gasteiger partial charge in [-0.1, -0.05) is 18.6 Å². The molecule has 1 aliphatic carbocycles. The van der Waals surface area contributed by atoms with Crippen molar-refractivity contribution >= 4 is 5.69 Å². The predicted octanol–water partition coefficient (Wildman–Crippen LogP) is 3.49. The fourth-order valence-electron chi connectivity index (χ4n) is 2.78. The summed E-state index contributed by atoms with van der Waals surface area (Å²) >= 11 is 0. The van der Waals surface area contributed by atoms with Gasteiger partial charge >= 0.3 is 0 Å². The van der Waals surface area contributed by atoms with E-state index in [1.807, 2.05) is 12.1 Å². The smallest absolute Gasteiger partial charge is 0.237 e. The molecule has 3 heteroatoms. The number of rotatable bonds is 4. The minimum Gasteiger partial charge on any atom is -0.480 e. The van der Waals surface area contributed by atoms with E-state index >= 15 is 0 Å². The van der Waals surface area contributed by atoms with Crippen molar-refractivity contribution in [1.82, 2.24) is 4.98 Å².